The molecule has 0 amide bonds. The number of halogens is 1. The van der Waals surface area contributed by atoms with Crippen LogP contribution in [0.4, 0.5) is 11.9 Å². The summed E-state index contributed by atoms with van der Waals surface area (Å²) in [5.74, 6) is 6.65. The van der Waals surface area contributed by atoms with Gasteiger partial charge in [-0.05, 0) is 27.7 Å². The van der Waals surface area contributed by atoms with Gasteiger partial charge in [0.1, 0.15) is 0 Å². The van der Waals surface area contributed by atoms with Gasteiger partial charge in [-0.1, -0.05) is 11.6 Å². The van der Waals surface area contributed by atoms with Gasteiger partial charge in [0, 0.05) is 13.1 Å². The number of rotatable bonds is 5. The van der Waals surface area contributed by atoms with Crippen molar-refractivity contribution >= 4 is 23.5 Å². The van der Waals surface area contributed by atoms with E-state index in [1.54, 1.807) is 4.68 Å². The first-order valence-electron chi connectivity index (χ1n) is 6.71. The third-order valence-corrected chi connectivity index (χ3v) is 3.73. The van der Waals surface area contributed by atoms with E-state index in [0.717, 1.165) is 24.5 Å². The Morgan fingerprint density at radius 1 is 1.19 bits per heavy atom. The van der Waals surface area contributed by atoms with Gasteiger partial charge in [0.15, 0.2) is 0 Å². The number of nitrogens with zero attached hydrogens (tertiary/aromatic N) is 6. The molecule has 0 fully saturated rings. The van der Waals surface area contributed by atoms with Crippen LogP contribution in [0.15, 0.2) is 0 Å². The summed E-state index contributed by atoms with van der Waals surface area (Å²) < 4.78 is 1.59. The minimum absolute atomic E-state index is 0.283. The highest BCUT2D eigenvalue weighted by Crippen LogP contribution is 2.22. The molecule has 9 heteroatoms. The highest BCUT2D eigenvalue weighted by molar-refractivity contribution is 6.31. The molecule has 21 heavy (non-hydrogen) atoms. The number of hydrazine groups is 1. The van der Waals surface area contributed by atoms with Crippen molar-refractivity contribution in [3.63, 3.8) is 0 Å². The standard InChI is InChI=1S/C12H19ClN8/c1-5-20(6-2)11-15-10(18-14)16-12(17-11)21-8(4)9(13)7(3)19-21/h5-6,14H2,1-4H3,(H,15,16,17,18). The summed E-state index contributed by atoms with van der Waals surface area (Å²) in [7, 11) is 0. The van der Waals surface area contributed by atoms with Gasteiger partial charge >= 0.3 is 0 Å². The Morgan fingerprint density at radius 3 is 2.33 bits per heavy atom. The fourth-order valence-corrected chi connectivity index (χ4v) is 2.10. The van der Waals surface area contributed by atoms with Gasteiger partial charge < -0.3 is 4.90 Å². The molecule has 2 heterocycles. The van der Waals surface area contributed by atoms with Crippen LogP contribution in [0.5, 0.6) is 0 Å². The summed E-state index contributed by atoms with van der Waals surface area (Å²) in [6.45, 7) is 9.31. The minimum Gasteiger partial charge on any atom is -0.341 e. The second-order valence-electron chi connectivity index (χ2n) is 4.47. The molecule has 0 aliphatic rings. The number of anilines is 2. The first kappa shape index (κ1) is 15.5. The summed E-state index contributed by atoms with van der Waals surface area (Å²) in [5.41, 5.74) is 3.95. The molecule has 0 aliphatic carbocycles. The Labute approximate surface area is 128 Å². The van der Waals surface area contributed by atoms with Crippen LogP contribution in [0.25, 0.3) is 5.95 Å². The van der Waals surface area contributed by atoms with Crippen LogP contribution in [0.3, 0.4) is 0 Å². The van der Waals surface area contributed by atoms with E-state index >= 15 is 0 Å². The topological polar surface area (TPSA) is 97.8 Å². The van der Waals surface area contributed by atoms with E-state index in [9.17, 15) is 0 Å². The quantitative estimate of drug-likeness (QED) is 0.637. The van der Waals surface area contributed by atoms with Crippen molar-refractivity contribution in [2.45, 2.75) is 27.7 Å². The lowest BCUT2D eigenvalue weighted by atomic mass is 10.4. The largest absolute Gasteiger partial charge is 0.341 e. The van der Waals surface area contributed by atoms with Crippen molar-refractivity contribution < 1.29 is 0 Å². The molecule has 0 aromatic carbocycles. The van der Waals surface area contributed by atoms with Crippen molar-refractivity contribution in [1.29, 1.82) is 0 Å². The summed E-state index contributed by atoms with van der Waals surface area (Å²) in [4.78, 5) is 15.0. The third-order valence-electron chi connectivity index (χ3n) is 3.18. The van der Waals surface area contributed by atoms with E-state index in [4.69, 9.17) is 17.4 Å². The van der Waals surface area contributed by atoms with E-state index in [0.29, 0.717) is 16.9 Å². The number of nitrogen functional groups attached to an aromatic ring is 1. The third kappa shape index (κ3) is 2.91. The second-order valence-corrected chi connectivity index (χ2v) is 4.85. The minimum atomic E-state index is 0.283. The number of aromatic nitrogens is 5. The molecule has 2 rings (SSSR count). The Morgan fingerprint density at radius 2 is 1.86 bits per heavy atom. The molecule has 2 aromatic heterocycles. The van der Waals surface area contributed by atoms with Crippen LogP contribution in [0, 0.1) is 13.8 Å². The van der Waals surface area contributed by atoms with Crippen molar-refractivity contribution in [2.24, 2.45) is 5.84 Å². The number of nitrogens with two attached hydrogens (primary N) is 1. The molecule has 0 atom stereocenters. The maximum Gasteiger partial charge on any atom is 0.257 e. The fourth-order valence-electron chi connectivity index (χ4n) is 1.98. The lowest BCUT2D eigenvalue weighted by molar-refractivity contribution is 0.743. The maximum atomic E-state index is 6.17. The number of aryl methyl sites for hydroxylation is 1. The number of hydrogen-bond acceptors (Lipinski definition) is 7. The molecular formula is C12H19ClN8. The predicted molar refractivity (Wildman–Crippen MR) is 82.8 cm³/mol. The van der Waals surface area contributed by atoms with Gasteiger partial charge in [-0.3, -0.25) is 5.43 Å². The van der Waals surface area contributed by atoms with E-state index in [1.807, 2.05) is 32.6 Å². The molecule has 0 radical (unpaired) electrons. The van der Waals surface area contributed by atoms with Crippen LogP contribution >= 0.6 is 11.6 Å². The Kier molecular flexibility index (Phi) is 4.59. The van der Waals surface area contributed by atoms with Gasteiger partial charge in [-0.15, -0.1) is 0 Å². The zero-order chi connectivity index (χ0) is 15.6. The second kappa shape index (κ2) is 6.23. The molecule has 0 saturated heterocycles. The molecule has 3 N–H and O–H groups in total. The van der Waals surface area contributed by atoms with Crippen LogP contribution < -0.4 is 16.2 Å². The predicted octanol–water partition coefficient (Wildman–Crippen LogP) is 1.46. The van der Waals surface area contributed by atoms with Crippen LogP contribution in [-0.4, -0.2) is 37.8 Å². The summed E-state index contributed by atoms with van der Waals surface area (Å²) in [6, 6.07) is 0. The first-order valence-corrected chi connectivity index (χ1v) is 7.09. The molecule has 8 nitrogen and oxygen atoms in total. The van der Waals surface area contributed by atoms with Crippen LogP contribution in [-0.2, 0) is 0 Å². The average molecular weight is 311 g/mol. The van der Waals surface area contributed by atoms with E-state index in [-0.39, 0.29) is 5.95 Å². The summed E-state index contributed by atoms with van der Waals surface area (Å²) in [5, 5.41) is 4.95. The summed E-state index contributed by atoms with van der Waals surface area (Å²) in [6.07, 6.45) is 0. The van der Waals surface area contributed by atoms with Gasteiger partial charge in [0.2, 0.25) is 11.9 Å². The van der Waals surface area contributed by atoms with E-state index in [2.05, 4.69) is 25.5 Å². The molecule has 2 aromatic rings. The van der Waals surface area contributed by atoms with E-state index < -0.39 is 0 Å². The number of hydrogen-bond donors (Lipinski definition) is 2. The first-order chi connectivity index (χ1) is 10.0. The lowest BCUT2D eigenvalue weighted by Crippen LogP contribution is -2.26. The van der Waals surface area contributed by atoms with Gasteiger partial charge in [0.05, 0.1) is 16.4 Å². The van der Waals surface area contributed by atoms with Crippen LogP contribution in [0.2, 0.25) is 5.02 Å². The SMILES string of the molecule is CCN(CC)c1nc(NN)nc(-n2nc(C)c(Cl)c2C)n1. The normalized spacial score (nSPS) is 10.8. The van der Waals surface area contributed by atoms with Crippen molar-refractivity contribution in [2.75, 3.05) is 23.4 Å². The smallest absolute Gasteiger partial charge is 0.257 e. The summed E-state index contributed by atoms with van der Waals surface area (Å²) >= 11 is 6.17. The fraction of sp³-hybridized carbons (Fsp3) is 0.500. The molecule has 0 saturated carbocycles. The zero-order valence-electron chi connectivity index (χ0n) is 12.6. The highest BCUT2D eigenvalue weighted by Gasteiger charge is 2.16. The molecule has 0 aliphatic heterocycles. The Hall–Kier alpha value is -1.93. The van der Waals surface area contributed by atoms with Gasteiger partial charge in [-0.2, -0.15) is 20.1 Å². The Balaban J connectivity index is 2.57. The average Bonchev–Trinajstić information content (AvgIpc) is 2.76. The molecular weight excluding hydrogens is 292 g/mol. The maximum absolute atomic E-state index is 6.17. The van der Waals surface area contributed by atoms with Gasteiger partial charge in [-0.25, -0.2) is 10.5 Å². The van der Waals surface area contributed by atoms with Crippen molar-refractivity contribution in [1.82, 2.24) is 24.7 Å². The molecule has 0 bridgehead atoms. The van der Waals surface area contributed by atoms with Crippen molar-refractivity contribution in [3.05, 3.63) is 16.4 Å². The van der Waals surface area contributed by atoms with Gasteiger partial charge in [0.25, 0.3) is 5.95 Å². The Bertz CT molecular complexity index is 634. The lowest BCUT2D eigenvalue weighted by Gasteiger charge is -2.19. The molecule has 0 unspecified atom stereocenters. The van der Waals surface area contributed by atoms with E-state index in [1.165, 1.54) is 0 Å². The molecule has 0 spiro atoms. The highest BCUT2D eigenvalue weighted by atomic mass is 35.5. The zero-order valence-corrected chi connectivity index (χ0v) is 13.3. The van der Waals surface area contributed by atoms with Crippen molar-refractivity contribution in [3.8, 4) is 5.95 Å². The monoisotopic (exact) mass is 310 g/mol. The number of nitrogens with one attached hydrogen (secondary N) is 1. The van der Waals surface area contributed by atoms with Crippen LogP contribution in [0.1, 0.15) is 25.2 Å². The molecule has 114 valence electrons.